The lowest BCUT2D eigenvalue weighted by molar-refractivity contribution is -0.199. The first kappa shape index (κ1) is 21.3. The van der Waals surface area contributed by atoms with Crippen LogP contribution in [0, 0.1) is 45.3 Å². The second-order valence-corrected chi connectivity index (χ2v) is 12.7. The van der Waals surface area contributed by atoms with Crippen LogP contribution in [-0.2, 0) is 9.53 Å². The number of ketones is 1. The highest BCUT2D eigenvalue weighted by Gasteiger charge is 2.67. The van der Waals surface area contributed by atoms with Crippen LogP contribution >= 0.6 is 15.9 Å². The van der Waals surface area contributed by atoms with Crippen molar-refractivity contribution in [1.29, 1.82) is 0 Å². The van der Waals surface area contributed by atoms with Crippen LogP contribution in [0.3, 0.4) is 0 Å². The number of fused-ring (bicyclic) bond motifs is 5. The lowest BCUT2D eigenvalue weighted by atomic mass is 9.38. The van der Waals surface area contributed by atoms with E-state index < -0.39 is 0 Å². The third-order valence-corrected chi connectivity index (χ3v) is 11.0. The van der Waals surface area contributed by atoms with Gasteiger partial charge in [0.15, 0.2) is 0 Å². The summed E-state index contributed by atoms with van der Waals surface area (Å²) in [7, 11) is 1.92. The predicted octanol–water partition coefficient (Wildman–Crippen LogP) is 6.65. The average molecular weight is 454 g/mol. The van der Waals surface area contributed by atoms with E-state index in [1.807, 2.05) is 7.11 Å². The van der Waals surface area contributed by atoms with E-state index in [1.165, 1.54) is 51.4 Å². The van der Waals surface area contributed by atoms with Gasteiger partial charge < -0.3 is 4.74 Å². The van der Waals surface area contributed by atoms with Crippen molar-refractivity contribution >= 4 is 21.7 Å². The number of carbonyl (C=O) groups is 1. The zero-order valence-corrected chi connectivity index (χ0v) is 20.4. The van der Waals surface area contributed by atoms with Crippen molar-refractivity contribution < 1.29 is 9.53 Å². The lowest BCUT2D eigenvalue weighted by Crippen LogP contribution is -2.61. The Balaban J connectivity index is 1.69. The SMILES string of the molecule is COC[C@]12CCC(C)(C)CC1CC[C@@]1(C)[C@@H]3CC[C@H](C(=O)CBr)[C@@]3(C)CC[C@H]21. The van der Waals surface area contributed by atoms with E-state index in [0.717, 1.165) is 24.9 Å². The van der Waals surface area contributed by atoms with Gasteiger partial charge in [0, 0.05) is 13.0 Å². The largest absolute Gasteiger partial charge is 0.384 e. The van der Waals surface area contributed by atoms with Gasteiger partial charge in [-0.25, -0.2) is 0 Å². The van der Waals surface area contributed by atoms with Gasteiger partial charge in [0.05, 0.1) is 11.9 Å². The first-order valence-electron chi connectivity index (χ1n) is 11.7. The van der Waals surface area contributed by atoms with Crippen molar-refractivity contribution in [1.82, 2.24) is 0 Å². The van der Waals surface area contributed by atoms with E-state index in [9.17, 15) is 4.79 Å². The van der Waals surface area contributed by atoms with Crippen molar-refractivity contribution in [2.45, 2.75) is 85.5 Å². The maximum absolute atomic E-state index is 12.7. The number of hydrogen-bond donors (Lipinski definition) is 0. The van der Waals surface area contributed by atoms with Crippen molar-refractivity contribution in [3.8, 4) is 0 Å². The van der Waals surface area contributed by atoms with Gasteiger partial charge >= 0.3 is 0 Å². The highest BCUT2D eigenvalue weighted by molar-refractivity contribution is 9.09. The van der Waals surface area contributed by atoms with E-state index in [4.69, 9.17) is 4.74 Å². The van der Waals surface area contributed by atoms with Crippen molar-refractivity contribution in [3.63, 3.8) is 0 Å². The fourth-order valence-corrected chi connectivity index (χ4v) is 9.64. The molecular formula is C25H41BrO2. The monoisotopic (exact) mass is 452 g/mol. The average Bonchev–Trinajstić information content (AvgIpc) is 3.00. The molecule has 0 aromatic rings. The number of methoxy groups -OCH3 is 1. The molecule has 4 aliphatic carbocycles. The van der Waals surface area contributed by atoms with Crippen LogP contribution in [0.2, 0.25) is 0 Å². The first-order chi connectivity index (χ1) is 13.1. The van der Waals surface area contributed by atoms with Gasteiger partial charge in [-0.15, -0.1) is 0 Å². The number of Topliss-reactive ketones (excluding diaryl/α,β-unsaturated/α-hetero) is 1. The predicted molar refractivity (Wildman–Crippen MR) is 119 cm³/mol. The first-order valence-corrected chi connectivity index (χ1v) is 12.8. The summed E-state index contributed by atoms with van der Waals surface area (Å²) >= 11 is 3.47. The summed E-state index contributed by atoms with van der Waals surface area (Å²) in [5.41, 5.74) is 1.45. The molecule has 0 aromatic heterocycles. The van der Waals surface area contributed by atoms with Crippen LogP contribution in [0.25, 0.3) is 0 Å². The number of carbonyl (C=O) groups excluding carboxylic acids is 1. The number of ether oxygens (including phenoxy) is 1. The normalized spacial score (nSPS) is 49.8. The summed E-state index contributed by atoms with van der Waals surface area (Å²) in [6, 6.07) is 0. The van der Waals surface area contributed by atoms with E-state index in [-0.39, 0.29) is 11.3 Å². The van der Waals surface area contributed by atoms with E-state index in [2.05, 4.69) is 43.6 Å². The van der Waals surface area contributed by atoms with Gasteiger partial charge in [-0.05, 0) is 97.2 Å². The van der Waals surface area contributed by atoms with E-state index in [0.29, 0.717) is 33.3 Å². The summed E-state index contributed by atoms with van der Waals surface area (Å²) in [6.45, 7) is 11.0. The van der Waals surface area contributed by atoms with Crippen LogP contribution in [0.4, 0.5) is 0 Å². The number of halogens is 1. The van der Waals surface area contributed by atoms with Crippen LogP contribution in [0.1, 0.15) is 85.5 Å². The molecule has 0 N–H and O–H groups in total. The Bertz CT molecular complexity index is 630. The van der Waals surface area contributed by atoms with E-state index >= 15 is 0 Å². The maximum atomic E-state index is 12.7. The lowest BCUT2D eigenvalue weighted by Gasteiger charge is -2.67. The van der Waals surface area contributed by atoms with Gasteiger partial charge in [-0.2, -0.15) is 0 Å². The van der Waals surface area contributed by atoms with Crippen molar-refractivity contribution in [2.75, 3.05) is 19.0 Å². The zero-order valence-electron chi connectivity index (χ0n) is 18.8. The molecule has 0 bridgehead atoms. The van der Waals surface area contributed by atoms with Crippen molar-refractivity contribution in [2.24, 2.45) is 45.3 Å². The highest BCUT2D eigenvalue weighted by Crippen LogP contribution is 2.73. The summed E-state index contributed by atoms with van der Waals surface area (Å²) < 4.78 is 5.96. The molecule has 0 aromatic carbocycles. The fraction of sp³-hybridized carbons (Fsp3) is 0.960. The summed E-state index contributed by atoms with van der Waals surface area (Å²) in [4.78, 5) is 12.7. The molecule has 0 aliphatic heterocycles. The molecule has 4 saturated carbocycles. The molecule has 4 rings (SSSR count). The second-order valence-electron chi connectivity index (χ2n) is 12.2. The molecule has 4 aliphatic rings. The number of hydrogen-bond acceptors (Lipinski definition) is 2. The van der Waals surface area contributed by atoms with Crippen LogP contribution in [0.5, 0.6) is 0 Å². The molecule has 28 heavy (non-hydrogen) atoms. The van der Waals surface area contributed by atoms with Crippen LogP contribution in [0.15, 0.2) is 0 Å². The summed E-state index contributed by atoms with van der Waals surface area (Å²) in [5.74, 6) is 3.02. The fourth-order valence-electron chi connectivity index (χ4n) is 9.25. The molecule has 0 saturated heterocycles. The molecule has 0 amide bonds. The smallest absolute Gasteiger partial charge is 0.147 e. The molecule has 1 unspecified atom stereocenters. The third kappa shape index (κ3) is 2.92. The van der Waals surface area contributed by atoms with E-state index in [1.54, 1.807) is 0 Å². The van der Waals surface area contributed by atoms with Crippen LogP contribution < -0.4 is 0 Å². The van der Waals surface area contributed by atoms with Crippen molar-refractivity contribution in [3.05, 3.63) is 0 Å². The standard InChI is InChI=1S/C25H41BrO2/c1-22(2)12-13-25(16-28-5)17(14-22)8-10-24(4)20-7-6-18(19(27)15-26)23(20,3)11-9-21(24)25/h17-18,20-21H,6-16H2,1-5H3/t17?,18-,20-,21+,23-,24+,25-/m1/s1. The maximum Gasteiger partial charge on any atom is 0.147 e. The summed E-state index contributed by atoms with van der Waals surface area (Å²) in [6.07, 6.45) is 11.7. The van der Waals surface area contributed by atoms with Gasteiger partial charge in [0.25, 0.3) is 0 Å². The van der Waals surface area contributed by atoms with Gasteiger partial charge in [0.2, 0.25) is 0 Å². The Labute approximate surface area is 181 Å². The minimum absolute atomic E-state index is 0.213. The Hall–Kier alpha value is 0.110. The van der Waals surface area contributed by atoms with Crippen LogP contribution in [-0.4, -0.2) is 24.8 Å². The molecule has 0 heterocycles. The Morgan fingerprint density at radius 1 is 0.929 bits per heavy atom. The summed E-state index contributed by atoms with van der Waals surface area (Å²) in [5, 5.41) is 0.533. The quantitative estimate of drug-likeness (QED) is 0.446. The van der Waals surface area contributed by atoms with Gasteiger partial charge in [-0.1, -0.05) is 43.6 Å². The molecule has 0 spiro atoms. The van der Waals surface area contributed by atoms with Gasteiger partial charge in [0.1, 0.15) is 5.78 Å². The Kier molecular flexibility index (Phi) is 5.39. The molecule has 4 fully saturated rings. The number of rotatable bonds is 4. The Morgan fingerprint density at radius 3 is 2.32 bits per heavy atom. The third-order valence-electron chi connectivity index (χ3n) is 10.4. The molecule has 3 heteroatoms. The zero-order chi connectivity index (χ0) is 20.4. The molecule has 160 valence electrons. The number of alkyl halides is 1. The molecular weight excluding hydrogens is 412 g/mol. The molecule has 2 nitrogen and oxygen atoms in total. The topological polar surface area (TPSA) is 26.3 Å². The highest BCUT2D eigenvalue weighted by atomic mass is 79.9. The molecule has 0 radical (unpaired) electrons. The molecule has 7 atom stereocenters. The second kappa shape index (κ2) is 7.08. The minimum atomic E-state index is 0.213. The minimum Gasteiger partial charge on any atom is -0.384 e. The Morgan fingerprint density at radius 2 is 1.64 bits per heavy atom. The van der Waals surface area contributed by atoms with Gasteiger partial charge in [-0.3, -0.25) is 4.79 Å².